The molecule has 1 fully saturated rings. The molecule has 0 radical (unpaired) electrons. The third kappa shape index (κ3) is 5.69. The first-order valence-electron chi connectivity index (χ1n) is 10.1. The van der Waals surface area contributed by atoms with E-state index in [0.717, 1.165) is 16.9 Å². The molecule has 158 valence electrons. The number of hydrazine groups is 1. The fourth-order valence-corrected chi connectivity index (χ4v) is 3.34. The van der Waals surface area contributed by atoms with Crippen molar-refractivity contribution in [2.45, 2.75) is 25.1 Å². The van der Waals surface area contributed by atoms with Crippen molar-refractivity contribution < 1.29 is 14.6 Å². The minimum atomic E-state index is -0.402. The normalized spacial score (nSPS) is 18.2. The van der Waals surface area contributed by atoms with Crippen LogP contribution in [0.5, 0.6) is 11.5 Å². The molecule has 0 aromatic heterocycles. The molecular weight excluding hydrogens is 392 g/mol. The van der Waals surface area contributed by atoms with Gasteiger partial charge in [-0.15, -0.1) is 0 Å². The number of nitrogens with zero attached hydrogens (tertiary/aromatic N) is 1. The van der Waals surface area contributed by atoms with Crippen LogP contribution in [0.2, 0.25) is 0 Å². The summed E-state index contributed by atoms with van der Waals surface area (Å²) < 4.78 is 5.83. The minimum Gasteiger partial charge on any atom is -0.508 e. The molecule has 7 nitrogen and oxygen atoms in total. The SMILES string of the molecule is O=C(N/N=C/c1cccc(O)c1)C1CC(c2ccc(OCc3ccccc3)cc2)NN1. The first-order chi connectivity index (χ1) is 15.2. The molecule has 1 heterocycles. The van der Waals surface area contributed by atoms with E-state index in [2.05, 4.69) is 21.4 Å². The maximum absolute atomic E-state index is 12.4. The van der Waals surface area contributed by atoms with E-state index in [4.69, 9.17) is 4.74 Å². The first-order valence-corrected chi connectivity index (χ1v) is 10.1. The lowest BCUT2D eigenvalue weighted by Gasteiger charge is -2.11. The highest BCUT2D eigenvalue weighted by Crippen LogP contribution is 2.24. The van der Waals surface area contributed by atoms with Crippen LogP contribution in [-0.2, 0) is 11.4 Å². The van der Waals surface area contributed by atoms with E-state index in [1.807, 2.05) is 54.6 Å². The van der Waals surface area contributed by atoms with Crippen LogP contribution in [0.25, 0.3) is 0 Å². The summed E-state index contributed by atoms with van der Waals surface area (Å²) in [4.78, 5) is 12.4. The lowest BCUT2D eigenvalue weighted by Crippen LogP contribution is -2.41. The number of benzene rings is 3. The van der Waals surface area contributed by atoms with Gasteiger partial charge in [0.2, 0.25) is 0 Å². The maximum Gasteiger partial charge on any atom is 0.258 e. The smallest absolute Gasteiger partial charge is 0.258 e. The zero-order valence-corrected chi connectivity index (χ0v) is 16.9. The molecule has 1 aliphatic rings. The molecule has 0 aliphatic carbocycles. The Morgan fingerprint density at radius 3 is 2.65 bits per heavy atom. The van der Waals surface area contributed by atoms with Crippen LogP contribution >= 0.6 is 0 Å². The third-order valence-electron chi connectivity index (χ3n) is 5.01. The van der Waals surface area contributed by atoms with E-state index in [-0.39, 0.29) is 17.7 Å². The summed E-state index contributed by atoms with van der Waals surface area (Å²) in [5, 5.41) is 13.4. The maximum atomic E-state index is 12.4. The Bertz CT molecular complexity index is 1040. The van der Waals surface area contributed by atoms with Gasteiger partial charge >= 0.3 is 0 Å². The van der Waals surface area contributed by atoms with Gasteiger partial charge in [0.15, 0.2) is 0 Å². The van der Waals surface area contributed by atoms with Crippen LogP contribution in [0.3, 0.4) is 0 Å². The number of carbonyl (C=O) groups excluding carboxylic acids is 1. The zero-order valence-electron chi connectivity index (χ0n) is 16.9. The van der Waals surface area contributed by atoms with Gasteiger partial charge in [0.25, 0.3) is 5.91 Å². The number of nitrogens with one attached hydrogen (secondary N) is 3. The van der Waals surface area contributed by atoms with Crippen LogP contribution in [0.1, 0.15) is 29.2 Å². The second kappa shape index (κ2) is 9.88. The van der Waals surface area contributed by atoms with Crippen molar-refractivity contribution >= 4 is 12.1 Å². The molecule has 4 N–H and O–H groups in total. The number of aromatic hydroxyl groups is 1. The molecule has 3 aromatic rings. The predicted octanol–water partition coefficient (Wildman–Crippen LogP) is 3.03. The first kappa shape index (κ1) is 20.6. The Morgan fingerprint density at radius 2 is 1.87 bits per heavy atom. The molecule has 4 rings (SSSR count). The summed E-state index contributed by atoms with van der Waals surface area (Å²) >= 11 is 0. The summed E-state index contributed by atoms with van der Waals surface area (Å²) in [7, 11) is 0. The summed E-state index contributed by atoms with van der Waals surface area (Å²) in [6, 6.07) is 24.1. The second-order valence-electron chi connectivity index (χ2n) is 7.30. The minimum absolute atomic E-state index is 0.00831. The summed E-state index contributed by atoms with van der Waals surface area (Å²) in [5.41, 5.74) is 11.6. The Labute approximate surface area is 180 Å². The van der Waals surface area contributed by atoms with E-state index in [9.17, 15) is 9.90 Å². The predicted molar refractivity (Wildman–Crippen MR) is 118 cm³/mol. The van der Waals surface area contributed by atoms with E-state index >= 15 is 0 Å². The topological polar surface area (TPSA) is 95.0 Å². The van der Waals surface area contributed by atoms with E-state index < -0.39 is 6.04 Å². The van der Waals surface area contributed by atoms with Crippen LogP contribution < -0.4 is 21.0 Å². The highest BCUT2D eigenvalue weighted by molar-refractivity contribution is 5.85. The number of hydrogen-bond acceptors (Lipinski definition) is 6. The molecule has 0 spiro atoms. The number of amides is 1. The molecule has 0 bridgehead atoms. The van der Waals surface area contributed by atoms with Crippen molar-refractivity contribution in [2.24, 2.45) is 5.10 Å². The number of hydrazone groups is 1. The third-order valence-corrected chi connectivity index (χ3v) is 5.01. The molecule has 0 saturated carbocycles. The van der Waals surface area contributed by atoms with E-state index in [0.29, 0.717) is 18.6 Å². The number of phenolic OH excluding ortho intramolecular Hbond substituents is 1. The van der Waals surface area contributed by atoms with E-state index in [1.54, 1.807) is 24.3 Å². The summed E-state index contributed by atoms with van der Waals surface area (Å²) in [6.07, 6.45) is 2.09. The van der Waals surface area contributed by atoms with Gasteiger partial charge in [-0.05, 0) is 47.4 Å². The van der Waals surface area contributed by atoms with E-state index in [1.165, 1.54) is 6.21 Å². The van der Waals surface area contributed by atoms with Crippen molar-refractivity contribution in [2.75, 3.05) is 0 Å². The number of carbonyl (C=O) groups is 1. The van der Waals surface area contributed by atoms with Gasteiger partial charge < -0.3 is 9.84 Å². The number of phenols is 1. The summed E-state index contributed by atoms with van der Waals surface area (Å²) in [5.74, 6) is 0.722. The fourth-order valence-electron chi connectivity index (χ4n) is 3.34. The van der Waals surface area contributed by atoms with Gasteiger partial charge in [-0.25, -0.2) is 16.3 Å². The lowest BCUT2D eigenvalue weighted by atomic mass is 10.0. The van der Waals surface area contributed by atoms with Gasteiger partial charge in [0, 0.05) is 6.04 Å². The second-order valence-corrected chi connectivity index (χ2v) is 7.30. The van der Waals surface area contributed by atoms with Crippen LogP contribution in [0.4, 0.5) is 0 Å². The average Bonchev–Trinajstić information content (AvgIpc) is 3.29. The number of hydrogen-bond donors (Lipinski definition) is 4. The van der Waals surface area contributed by atoms with Crippen LogP contribution in [0, 0.1) is 0 Å². The zero-order chi connectivity index (χ0) is 21.5. The van der Waals surface area contributed by atoms with Crippen molar-refractivity contribution in [3.63, 3.8) is 0 Å². The standard InChI is InChI=1S/C24H24N4O3/c29-20-8-4-7-18(13-20)15-25-28-24(30)23-14-22(26-27-23)19-9-11-21(12-10-19)31-16-17-5-2-1-3-6-17/h1-13,15,22-23,26-27,29H,14,16H2,(H,28,30)/b25-15+. The largest absolute Gasteiger partial charge is 0.508 e. The molecular formula is C24H24N4O3. The van der Waals surface area contributed by atoms with Gasteiger partial charge in [0.1, 0.15) is 24.1 Å². The molecule has 7 heteroatoms. The van der Waals surface area contributed by atoms with Crippen LogP contribution in [-0.4, -0.2) is 23.3 Å². The highest BCUT2D eigenvalue weighted by Gasteiger charge is 2.30. The van der Waals surface area contributed by atoms with Gasteiger partial charge in [-0.1, -0.05) is 54.6 Å². The van der Waals surface area contributed by atoms with Crippen molar-refractivity contribution in [3.05, 3.63) is 95.6 Å². The summed E-state index contributed by atoms with van der Waals surface area (Å²) in [6.45, 7) is 0.523. The van der Waals surface area contributed by atoms with Crippen molar-refractivity contribution in [3.8, 4) is 11.5 Å². The Hall–Kier alpha value is -3.68. The molecule has 3 aromatic carbocycles. The number of rotatable bonds is 7. The van der Waals surface area contributed by atoms with Crippen molar-refractivity contribution in [1.82, 2.24) is 16.3 Å². The highest BCUT2D eigenvalue weighted by atomic mass is 16.5. The Kier molecular flexibility index (Phi) is 6.56. The molecule has 2 unspecified atom stereocenters. The van der Waals surface area contributed by atoms with Gasteiger partial charge in [0.05, 0.1) is 6.21 Å². The molecule has 2 atom stereocenters. The molecule has 1 amide bonds. The van der Waals surface area contributed by atoms with Gasteiger partial charge in [-0.3, -0.25) is 4.79 Å². The average molecular weight is 416 g/mol. The lowest BCUT2D eigenvalue weighted by molar-refractivity contribution is -0.122. The quantitative estimate of drug-likeness (QED) is 0.351. The monoisotopic (exact) mass is 416 g/mol. The molecule has 31 heavy (non-hydrogen) atoms. The molecule has 1 aliphatic heterocycles. The Morgan fingerprint density at radius 1 is 1.06 bits per heavy atom. The fraction of sp³-hybridized carbons (Fsp3) is 0.167. The number of ether oxygens (including phenoxy) is 1. The van der Waals surface area contributed by atoms with Crippen molar-refractivity contribution in [1.29, 1.82) is 0 Å². The molecule has 1 saturated heterocycles. The Balaban J connectivity index is 1.26. The van der Waals surface area contributed by atoms with Gasteiger partial charge in [-0.2, -0.15) is 5.10 Å². The van der Waals surface area contributed by atoms with Crippen LogP contribution in [0.15, 0.2) is 84.0 Å².